The molecular weight excluding hydrogens is 420 g/mol. The van der Waals surface area contributed by atoms with Gasteiger partial charge in [-0.05, 0) is 23.8 Å². The van der Waals surface area contributed by atoms with Crippen molar-refractivity contribution in [2.45, 2.75) is 12.1 Å². The van der Waals surface area contributed by atoms with Gasteiger partial charge in [0.1, 0.15) is 17.2 Å². The van der Waals surface area contributed by atoms with Gasteiger partial charge in [-0.3, -0.25) is 4.79 Å². The van der Waals surface area contributed by atoms with Crippen LogP contribution >= 0.6 is 11.6 Å². The van der Waals surface area contributed by atoms with Crippen LogP contribution in [-0.4, -0.2) is 77.7 Å². The van der Waals surface area contributed by atoms with Crippen molar-refractivity contribution < 1.29 is 18.3 Å². The molecule has 29 heavy (non-hydrogen) atoms. The molecule has 1 aliphatic heterocycles. The summed E-state index contributed by atoms with van der Waals surface area (Å²) < 4.78 is 26.0. The summed E-state index contributed by atoms with van der Waals surface area (Å²) in [4.78, 5) is 24.2. The molecule has 1 fully saturated rings. The van der Waals surface area contributed by atoms with E-state index < -0.39 is 22.1 Å². The van der Waals surface area contributed by atoms with Crippen molar-refractivity contribution in [2.24, 2.45) is 0 Å². The van der Waals surface area contributed by atoms with Crippen molar-refractivity contribution >= 4 is 27.5 Å². The molecule has 12 heteroatoms. The Morgan fingerprint density at radius 3 is 2.76 bits per heavy atom. The molecule has 1 amide bonds. The zero-order valence-electron chi connectivity index (χ0n) is 15.8. The maximum Gasteiger partial charge on any atom is 0.269 e. The first-order valence-electron chi connectivity index (χ1n) is 8.77. The summed E-state index contributed by atoms with van der Waals surface area (Å²) >= 11 is 6.22. The number of pyridine rings is 1. The monoisotopic (exact) mass is 440 g/mol. The molecule has 0 bridgehead atoms. The first-order chi connectivity index (χ1) is 13.7. The highest BCUT2D eigenvalue weighted by atomic mass is 35.5. The largest absolute Gasteiger partial charge is 0.395 e. The van der Waals surface area contributed by atoms with E-state index in [1.165, 1.54) is 23.7 Å². The smallest absolute Gasteiger partial charge is 0.269 e. The molecule has 0 saturated carbocycles. The van der Waals surface area contributed by atoms with E-state index in [0.717, 1.165) is 6.26 Å². The quantitative estimate of drug-likeness (QED) is 0.544. The highest BCUT2D eigenvalue weighted by molar-refractivity contribution is 7.88. The summed E-state index contributed by atoms with van der Waals surface area (Å²) in [6, 6.07) is 3.49. The number of sulfonamides is 1. The Hall–Kier alpha value is -2.18. The van der Waals surface area contributed by atoms with E-state index >= 15 is 0 Å². The summed E-state index contributed by atoms with van der Waals surface area (Å²) in [6.07, 6.45) is 2.37. The summed E-state index contributed by atoms with van der Waals surface area (Å²) in [5, 5.41) is 15.5. The molecule has 1 saturated heterocycles. The van der Waals surface area contributed by atoms with Crippen LogP contribution in [-0.2, 0) is 10.0 Å². The lowest BCUT2D eigenvalue weighted by molar-refractivity contribution is 0.0958. The number of aromatic nitrogens is 3. The summed E-state index contributed by atoms with van der Waals surface area (Å²) in [5.74, 6) is -0.379. The molecule has 2 unspecified atom stereocenters. The lowest BCUT2D eigenvalue weighted by Crippen LogP contribution is -2.55. The molecule has 0 aromatic carbocycles. The topological polar surface area (TPSA) is 137 Å². The number of carbonyl (C=O) groups is 1. The van der Waals surface area contributed by atoms with Gasteiger partial charge in [-0.15, -0.1) is 0 Å². The number of rotatable bonds is 5. The zero-order valence-corrected chi connectivity index (χ0v) is 17.4. The van der Waals surface area contributed by atoms with Gasteiger partial charge in [0.25, 0.3) is 5.91 Å². The number of carbonyl (C=O) groups excluding carboxylic acids is 1. The van der Waals surface area contributed by atoms with Gasteiger partial charge < -0.3 is 15.7 Å². The minimum atomic E-state index is -3.54. The molecule has 0 aliphatic carbocycles. The Bertz CT molecular complexity index is 1020. The molecule has 3 N–H and O–H groups in total. The van der Waals surface area contributed by atoms with Gasteiger partial charge in [-0.1, -0.05) is 11.6 Å². The second kappa shape index (κ2) is 8.67. The Kier molecular flexibility index (Phi) is 6.44. The number of aliphatic hydroxyl groups excluding tert-OH is 1. The van der Waals surface area contributed by atoms with Crippen LogP contribution in [0.15, 0.2) is 24.5 Å². The molecule has 2 aromatic heterocycles. The minimum Gasteiger partial charge on any atom is -0.395 e. The van der Waals surface area contributed by atoms with Gasteiger partial charge in [-0.25, -0.2) is 23.4 Å². The first kappa shape index (κ1) is 21.5. The molecule has 156 valence electrons. The average Bonchev–Trinajstić information content (AvgIpc) is 2.71. The van der Waals surface area contributed by atoms with E-state index in [9.17, 15) is 18.3 Å². The Morgan fingerprint density at radius 2 is 2.10 bits per heavy atom. The normalized spacial score (nSPS) is 20.4. The maximum atomic E-state index is 12.3. The van der Waals surface area contributed by atoms with Crippen LogP contribution < -0.4 is 10.6 Å². The fourth-order valence-electron chi connectivity index (χ4n) is 3.31. The van der Waals surface area contributed by atoms with Crippen molar-refractivity contribution in [1.29, 1.82) is 0 Å². The predicted molar refractivity (Wildman–Crippen MR) is 107 cm³/mol. The number of amides is 1. The van der Waals surface area contributed by atoms with E-state index in [4.69, 9.17) is 11.6 Å². The third-order valence-electron chi connectivity index (χ3n) is 4.60. The van der Waals surface area contributed by atoms with Gasteiger partial charge >= 0.3 is 0 Å². The lowest BCUT2D eigenvalue weighted by Gasteiger charge is -2.40. The fourth-order valence-corrected chi connectivity index (χ4v) is 4.64. The second-order valence-corrected chi connectivity index (χ2v) is 8.86. The van der Waals surface area contributed by atoms with Gasteiger partial charge in [0.05, 0.1) is 36.3 Å². The van der Waals surface area contributed by atoms with Crippen LogP contribution in [0, 0.1) is 0 Å². The fraction of sp³-hybridized carbons (Fsp3) is 0.412. The van der Waals surface area contributed by atoms with Crippen molar-refractivity contribution in [3.63, 3.8) is 0 Å². The van der Waals surface area contributed by atoms with Crippen molar-refractivity contribution in [3.8, 4) is 11.4 Å². The van der Waals surface area contributed by atoms with Crippen molar-refractivity contribution in [3.05, 3.63) is 40.9 Å². The number of piperazine rings is 1. The van der Waals surface area contributed by atoms with Gasteiger partial charge in [0, 0.05) is 20.1 Å². The van der Waals surface area contributed by atoms with E-state index in [-0.39, 0.29) is 29.9 Å². The van der Waals surface area contributed by atoms with E-state index in [0.29, 0.717) is 23.5 Å². The zero-order chi connectivity index (χ0) is 21.2. The predicted octanol–water partition coefficient (Wildman–Crippen LogP) is -0.182. The summed E-state index contributed by atoms with van der Waals surface area (Å²) in [5.41, 5.74) is 1.43. The molecular formula is C17H21ClN6O4S. The van der Waals surface area contributed by atoms with E-state index in [1.807, 2.05) is 0 Å². The number of hydrogen-bond acceptors (Lipinski definition) is 8. The molecule has 0 radical (unpaired) electrons. The van der Waals surface area contributed by atoms with Crippen LogP contribution in [0.5, 0.6) is 0 Å². The molecule has 2 aromatic rings. The lowest BCUT2D eigenvalue weighted by atomic mass is 9.97. The minimum absolute atomic E-state index is 0.133. The van der Waals surface area contributed by atoms with Crippen molar-refractivity contribution in [2.75, 3.05) is 33.0 Å². The maximum absolute atomic E-state index is 12.3. The number of aliphatic hydroxyl groups is 1. The molecule has 0 spiro atoms. The van der Waals surface area contributed by atoms with E-state index in [2.05, 4.69) is 25.6 Å². The molecule has 3 heterocycles. The third-order valence-corrected chi connectivity index (χ3v) is 6.06. The molecule has 10 nitrogen and oxygen atoms in total. The molecule has 3 rings (SSSR count). The van der Waals surface area contributed by atoms with Gasteiger partial charge in [-0.2, -0.15) is 4.31 Å². The highest BCUT2D eigenvalue weighted by Gasteiger charge is 2.37. The number of nitrogens with zero attached hydrogens (tertiary/aromatic N) is 4. The average molecular weight is 441 g/mol. The van der Waals surface area contributed by atoms with Crippen molar-refractivity contribution in [1.82, 2.24) is 29.9 Å². The standard InChI is InChI=1S/C17H21ClN6O4S/c1-19-17(26)13-7-11(21-9-22-13)12-5-10(6-15(18)23-12)16-14(8-25)20-3-4-24(16)29(2,27)28/h5-7,9,14,16,20,25H,3-4,8H2,1-2H3,(H,19,26). The van der Waals surface area contributed by atoms with E-state index in [1.54, 1.807) is 12.1 Å². The molecule has 1 aliphatic rings. The van der Waals surface area contributed by atoms with Crippen LogP contribution in [0.25, 0.3) is 11.4 Å². The van der Waals surface area contributed by atoms with Gasteiger partial charge in [0.15, 0.2) is 0 Å². The van der Waals surface area contributed by atoms with Gasteiger partial charge in [0.2, 0.25) is 10.0 Å². The number of halogens is 1. The first-order valence-corrected chi connectivity index (χ1v) is 11.0. The SMILES string of the molecule is CNC(=O)c1cc(-c2cc(C3C(CO)NCCN3S(C)(=O)=O)cc(Cl)n2)ncn1. The number of hydrogen-bond donors (Lipinski definition) is 3. The number of nitrogens with one attached hydrogen (secondary N) is 2. The van der Waals surface area contributed by atoms with Crippen LogP contribution in [0.4, 0.5) is 0 Å². The Morgan fingerprint density at radius 1 is 1.34 bits per heavy atom. The summed E-state index contributed by atoms with van der Waals surface area (Å²) in [7, 11) is -2.05. The Balaban J connectivity index is 2.09. The highest BCUT2D eigenvalue weighted by Crippen LogP contribution is 2.32. The molecule has 2 atom stereocenters. The summed E-state index contributed by atoms with van der Waals surface area (Å²) in [6.45, 7) is 0.408. The second-order valence-electron chi connectivity index (χ2n) is 6.54. The Labute approximate surface area is 173 Å². The van der Waals surface area contributed by atoms with Crippen LogP contribution in [0.3, 0.4) is 0 Å². The third kappa shape index (κ3) is 4.70. The van der Waals surface area contributed by atoms with Crippen LogP contribution in [0.2, 0.25) is 5.15 Å². The van der Waals surface area contributed by atoms with Crippen LogP contribution in [0.1, 0.15) is 22.1 Å².